The van der Waals surface area contributed by atoms with Gasteiger partial charge in [0.15, 0.2) is 0 Å². The van der Waals surface area contributed by atoms with Crippen LogP contribution in [0.1, 0.15) is 65.2 Å². The molecule has 1 aliphatic rings. The van der Waals surface area contributed by atoms with Crippen LogP contribution in [0.2, 0.25) is 0 Å². The Labute approximate surface area is 108 Å². The van der Waals surface area contributed by atoms with Crippen LogP contribution in [0, 0.1) is 17.3 Å². The maximum atomic E-state index is 3.97. The summed E-state index contributed by atoms with van der Waals surface area (Å²) in [5.41, 5.74) is 0.648. The van der Waals surface area contributed by atoms with Crippen molar-refractivity contribution in [3.63, 3.8) is 0 Å². The van der Waals surface area contributed by atoms with Gasteiger partial charge in [-0.1, -0.05) is 38.8 Å². The summed E-state index contributed by atoms with van der Waals surface area (Å²) in [4.78, 5) is 0. The zero-order valence-corrected chi connectivity index (χ0v) is 11.9. The van der Waals surface area contributed by atoms with Crippen molar-refractivity contribution in [3.8, 4) is 0 Å². The lowest BCUT2D eigenvalue weighted by Crippen LogP contribution is -2.38. The van der Waals surface area contributed by atoms with Crippen molar-refractivity contribution in [2.45, 2.75) is 65.2 Å². The molecule has 1 fully saturated rings. The average Bonchev–Trinajstić information content (AvgIpc) is 2.28. The Hall–Kier alpha value is -0.520. The molecule has 0 saturated heterocycles. The van der Waals surface area contributed by atoms with Gasteiger partial charge in [-0.15, -0.1) is 13.2 Å². The lowest BCUT2D eigenvalue weighted by molar-refractivity contribution is 0.0347. The van der Waals surface area contributed by atoms with Crippen LogP contribution in [-0.2, 0) is 0 Å². The molecule has 0 amide bonds. The molecule has 0 aromatic heterocycles. The van der Waals surface area contributed by atoms with Crippen molar-refractivity contribution in [3.05, 3.63) is 25.3 Å². The van der Waals surface area contributed by atoms with E-state index in [2.05, 4.69) is 33.1 Å². The highest BCUT2D eigenvalue weighted by atomic mass is 14.5. The van der Waals surface area contributed by atoms with E-state index in [0.717, 1.165) is 11.8 Å². The first-order chi connectivity index (χ1) is 8.15. The Morgan fingerprint density at radius 1 is 1.24 bits per heavy atom. The van der Waals surface area contributed by atoms with Gasteiger partial charge in [-0.3, -0.25) is 0 Å². The second-order valence-electron chi connectivity index (χ2n) is 6.17. The summed E-state index contributed by atoms with van der Waals surface area (Å²) in [6.07, 6.45) is 15.1. The minimum absolute atomic E-state index is 0.648. The van der Waals surface area contributed by atoms with Crippen LogP contribution in [0.3, 0.4) is 0 Å². The molecule has 0 spiro atoms. The molecule has 0 aliphatic heterocycles. The smallest absolute Gasteiger partial charge is 0.0210 e. The molecular formula is C17H30. The van der Waals surface area contributed by atoms with Crippen LogP contribution in [0.15, 0.2) is 25.3 Å². The molecule has 0 N–H and O–H groups in total. The summed E-state index contributed by atoms with van der Waals surface area (Å²) < 4.78 is 0. The zero-order chi connectivity index (χ0) is 12.7. The van der Waals surface area contributed by atoms with Crippen molar-refractivity contribution in [2.75, 3.05) is 0 Å². The van der Waals surface area contributed by atoms with E-state index in [1.165, 1.54) is 51.4 Å². The predicted molar refractivity (Wildman–Crippen MR) is 78.1 cm³/mol. The molecule has 0 aromatic carbocycles. The molecule has 17 heavy (non-hydrogen) atoms. The fraction of sp³-hybridized carbons (Fsp3) is 0.765. The van der Waals surface area contributed by atoms with Crippen molar-refractivity contribution in [1.82, 2.24) is 0 Å². The third kappa shape index (κ3) is 4.33. The van der Waals surface area contributed by atoms with Gasteiger partial charge in [0, 0.05) is 0 Å². The molecule has 0 radical (unpaired) electrons. The Kier molecular flexibility index (Phi) is 6.02. The van der Waals surface area contributed by atoms with Crippen LogP contribution in [0.5, 0.6) is 0 Å². The molecule has 0 bridgehead atoms. The monoisotopic (exact) mass is 234 g/mol. The van der Waals surface area contributed by atoms with Crippen LogP contribution < -0.4 is 0 Å². The summed E-state index contributed by atoms with van der Waals surface area (Å²) in [5, 5.41) is 0. The Bertz CT molecular complexity index is 232. The summed E-state index contributed by atoms with van der Waals surface area (Å²) >= 11 is 0. The van der Waals surface area contributed by atoms with Gasteiger partial charge < -0.3 is 0 Å². The highest BCUT2D eigenvalue weighted by Gasteiger charge is 2.41. The van der Waals surface area contributed by atoms with E-state index in [4.69, 9.17) is 0 Å². The first-order valence-corrected chi connectivity index (χ1v) is 7.38. The van der Waals surface area contributed by atoms with Gasteiger partial charge in [-0.25, -0.2) is 0 Å². The minimum Gasteiger partial charge on any atom is -0.103 e. The van der Waals surface area contributed by atoms with Crippen LogP contribution in [0.4, 0.5) is 0 Å². The number of hydrogen-bond donors (Lipinski definition) is 0. The fourth-order valence-electron chi connectivity index (χ4n) is 3.42. The maximum Gasteiger partial charge on any atom is -0.0210 e. The number of allylic oxidation sites excluding steroid dienone is 2. The zero-order valence-electron chi connectivity index (χ0n) is 11.9. The Morgan fingerprint density at radius 3 is 2.47 bits per heavy atom. The first kappa shape index (κ1) is 14.5. The molecule has 1 saturated carbocycles. The van der Waals surface area contributed by atoms with Gasteiger partial charge >= 0.3 is 0 Å². The standard InChI is InChI=1S/C17H30/c1-5-8-9-10-11-12-17(4)13-16(14-17)15(6-2)7-3/h5-6,15-16H,1-2,7-14H2,3-4H3. The Morgan fingerprint density at radius 2 is 1.94 bits per heavy atom. The van der Waals surface area contributed by atoms with E-state index in [-0.39, 0.29) is 0 Å². The molecule has 0 aromatic rings. The van der Waals surface area contributed by atoms with E-state index in [0.29, 0.717) is 5.41 Å². The first-order valence-electron chi connectivity index (χ1n) is 7.38. The van der Waals surface area contributed by atoms with Crippen molar-refractivity contribution >= 4 is 0 Å². The fourth-order valence-corrected chi connectivity index (χ4v) is 3.42. The van der Waals surface area contributed by atoms with Gasteiger partial charge in [0.25, 0.3) is 0 Å². The molecule has 1 rings (SSSR count). The topological polar surface area (TPSA) is 0 Å². The Balaban J connectivity index is 2.15. The van der Waals surface area contributed by atoms with E-state index in [1.54, 1.807) is 0 Å². The highest BCUT2D eigenvalue weighted by molar-refractivity contribution is 4.97. The van der Waals surface area contributed by atoms with E-state index in [9.17, 15) is 0 Å². The summed E-state index contributed by atoms with van der Waals surface area (Å²) in [6, 6.07) is 0. The van der Waals surface area contributed by atoms with Crippen LogP contribution in [-0.4, -0.2) is 0 Å². The highest BCUT2D eigenvalue weighted by Crippen LogP contribution is 2.52. The van der Waals surface area contributed by atoms with Crippen LogP contribution >= 0.6 is 0 Å². The van der Waals surface area contributed by atoms with Crippen molar-refractivity contribution in [2.24, 2.45) is 17.3 Å². The SMILES string of the molecule is C=CCCCCCC1(C)CC(C(C=C)CC)C1. The lowest BCUT2D eigenvalue weighted by Gasteiger charge is -2.48. The number of unbranched alkanes of at least 4 members (excludes halogenated alkanes) is 3. The molecule has 98 valence electrons. The normalized spacial score (nSPS) is 29.4. The van der Waals surface area contributed by atoms with E-state index >= 15 is 0 Å². The molecular weight excluding hydrogens is 204 g/mol. The maximum absolute atomic E-state index is 3.97. The van der Waals surface area contributed by atoms with Crippen molar-refractivity contribution in [1.29, 1.82) is 0 Å². The molecule has 1 unspecified atom stereocenters. The third-order valence-corrected chi connectivity index (χ3v) is 4.58. The van der Waals surface area contributed by atoms with E-state index < -0.39 is 0 Å². The van der Waals surface area contributed by atoms with Gasteiger partial charge in [0.1, 0.15) is 0 Å². The molecule has 1 aliphatic carbocycles. The second kappa shape index (κ2) is 7.03. The molecule has 0 heterocycles. The quantitative estimate of drug-likeness (QED) is 0.352. The van der Waals surface area contributed by atoms with E-state index in [1.807, 2.05) is 6.08 Å². The number of hydrogen-bond acceptors (Lipinski definition) is 0. The van der Waals surface area contributed by atoms with Gasteiger partial charge in [-0.05, 0) is 55.8 Å². The van der Waals surface area contributed by atoms with Crippen molar-refractivity contribution < 1.29 is 0 Å². The predicted octanol–water partition coefficient (Wildman–Crippen LogP) is 5.75. The average molecular weight is 234 g/mol. The largest absolute Gasteiger partial charge is 0.103 e. The minimum atomic E-state index is 0.648. The summed E-state index contributed by atoms with van der Waals surface area (Å²) in [6.45, 7) is 12.5. The summed E-state index contributed by atoms with van der Waals surface area (Å²) in [5.74, 6) is 1.69. The van der Waals surface area contributed by atoms with Gasteiger partial charge in [0.05, 0.1) is 0 Å². The number of rotatable bonds is 9. The van der Waals surface area contributed by atoms with Gasteiger partial charge in [0.2, 0.25) is 0 Å². The molecule has 1 atom stereocenters. The van der Waals surface area contributed by atoms with Gasteiger partial charge in [-0.2, -0.15) is 0 Å². The molecule has 0 nitrogen and oxygen atoms in total. The third-order valence-electron chi connectivity index (χ3n) is 4.58. The molecule has 0 heteroatoms. The van der Waals surface area contributed by atoms with Crippen LogP contribution in [0.25, 0.3) is 0 Å². The second-order valence-corrected chi connectivity index (χ2v) is 6.17. The lowest BCUT2D eigenvalue weighted by atomic mass is 9.57. The summed E-state index contributed by atoms with van der Waals surface area (Å²) in [7, 11) is 0.